The average molecular weight is 243 g/mol. The van der Waals surface area contributed by atoms with Crippen LogP contribution in [0.5, 0.6) is 0 Å². The summed E-state index contributed by atoms with van der Waals surface area (Å²) in [7, 11) is 0. The van der Waals surface area contributed by atoms with Crippen molar-refractivity contribution in [1.29, 1.82) is 0 Å². The van der Waals surface area contributed by atoms with Crippen LogP contribution >= 0.6 is 0 Å². The molecule has 0 unspecified atom stereocenters. The molecule has 1 aromatic carbocycles. The van der Waals surface area contributed by atoms with Crippen LogP contribution in [0.25, 0.3) is 10.8 Å². The molecule has 1 saturated carbocycles. The van der Waals surface area contributed by atoms with Crippen molar-refractivity contribution in [3.05, 3.63) is 40.7 Å². The Bertz CT molecular complexity index is 635. The standard InChI is InChI=1S/C13H13N3O2/c1-13(5-6-13)15-11-2-3-12(16(17)18)9-4-7-14-8-10(9)11/h2-4,7-8,15H,5-6H2,1H3. The van der Waals surface area contributed by atoms with Gasteiger partial charge in [0.05, 0.1) is 10.3 Å². The highest BCUT2D eigenvalue weighted by Gasteiger charge is 2.37. The van der Waals surface area contributed by atoms with Crippen molar-refractivity contribution in [3.8, 4) is 0 Å². The Labute approximate surface area is 104 Å². The third-order valence-electron chi connectivity index (χ3n) is 3.43. The minimum absolute atomic E-state index is 0.124. The van der Waals surface area contributed by atoms with Crippen molar-refractivity contribution in [1.82, 2.24) is 4.98 Å². The van der Waals surface area contributed by atoms with E-state index in [4.69, 9.17) is 0 Å². The molecule has 0 saturated heterocycles. The minimum atomic E-state index is -0.356. The highest BCUT2D eigenvalue weighted by molar-refractivity contribution is 5.99. The van der Waals surface area contributed by atoms with Gasteiger partial charge in [-0.15, -0.1) is 0 Å². The van der Waals surface area contributed by atoms with E-state index >= 15 is 0 Å². The van der Waals surface area contributed by atoms with Gasteiger partial charge in [-0.05, 0) is 31.9 Å². The zero-order valence-electron chi connectivity index (χ0n) is 10.0. The predicted molar refractivity (Wildman–Crippen MR) is 69.7 cm³/mol. The van der Waals surface area contributed by atoms with Crippen LogP contribution in [0.1, 0.15) is 19.8 Å². The van der Waals surface area contributed by atoms with E-state index in [1.165, 1.54) is 0 Å². The van der Waals surface area contributed by atoms with Crippen molar-refractivity contribution in [2.45, 2.75) is 25.3 Å². The third-order valence-corrected chi connectivity index (χ3v) is 3.43. The van der Waals surface area contributed by atoms with E-state index in [0.717, 1.165) is 23.9 Å². The molecule has 0 bridgehead atoms. The van der Waals surface area contributed by atoms with Gasteiger partial charge in [-0.3, -0.25) is 15.1 Å². The van der Waals surface area contributed by atoms with Gasteiger partial charge in [0.2, 0.25) is 0 Å². The first-order valence-electron chi connectivity index (χ1n) is 5.88. The first kappa shape index (κ1) is 11.0. The van der Waals surface area contributed by atoms with Crippen LogP contribution in [0.3, 0.4) is 0 Å². The quantitative estimate of drug-likeness (QED) is 0.664. The van der Waals surface area contributed by atoms with Crippen molar-refractivity contribution < 1.29 is 4.92 Å². The van der Waals surface area contributed by atoms with Crippen molar-refractivity contribution in [3.63, 3.8) is 0 Å². The molecule has 1 heterocycles. The maximum absolute atomic E-state index is 11.0. The van der Waals surface area contributed by atoms with E-state index in [2.05, 4.69) is 17.2 Å². The van der Waals surface area contributed by atoms with Gasteiger partial charge < -0.3 is 5.32 Å². The van der Waals surface area contributed by atoms with E-state index in [1.54, 1.807) is 30.6 Å². The lowest BCUT2D eigenvalue weighted by molar-refractivity contribution is -0.383. The number of nitro groups is 1. The zero-order chi connectivity index (χ0) is 12.8. The smallest absolute Gasteiger partial charge is 0.277 e. The van der Waals surface area contributed by atoms with Gasteiger partial charge in [-0.1, -0.05) is 0 Å². The lowest BCUT2D eigenvalue weighted by atomic mass is 10.1. The molecule has 3 rings (SSSR count). The second-order valence-electron chi connectivity index (χ2n) is 5.00. The molecule has 1 aliphatic carbocycles. The van der Waals surface area contributed by atoms with Crippen LogP contribution in [0, 0.1) is 10.1 Å². The normalized spacial score (nSPS) is 16.5. The Kier molecular flexibility index (Phi) is 2.23. The number of fused-ring (bicyclic) bond motifs is 1. The minimum Gasteiger partial charge on any atom is -0.379 e. The SMILES string of the molecule is CC1(Nc2ccc([N+](=O)[O-])c3ccncc23)CC1. The summed E-state index contributed by atoms with van der Waals surface area (Å²) in [4.78, 5) is 14.7. The highest BCUT2D eigenvalue weighted by Crippen LogP contribution is 2.40. The van der Waals surface area contributed by atoms with Crippen LogP contribution in [-0.2, 0) is 0 Å². The molecule has 92 valence electrons. The van der Waals surface area contributed by atoms with Gasteiger partial charge in [-0.25, -0.2) is 0 Å². The third kappa shape index (κ3) is 1.77. The summed E-state index contributed by atoms with van der Waals surface area (Å²) in [5.74, 6) is 0. The second kappa shape index (κ2) is 3.66. The molecule has 1 aliphatic rings. The number of benzene rings is 1. The topological polar surface area (TPSA) is 68.1 Å². The fraction of sp³-hybridized carbons (Fsp3) is 0.308. The fourth-order valence-electron chi connectivity index (χ4n) is 2.08. The number of non-ortho nitro benzene ring substituents is 1. The molecular formula is C13H13N3O2. The van der Waals surface area contributed by atoms with Crippen molar-refractivity contribution >= 4 is 22.1 Å². The molecule has 2 aromatic rings. The Hall–Kier alpha value is -2.17. The van der Waals surface area contributed by atoms with E-state index < -0.39 is 0 Å². The molecule has 0 amide bonds. The first-order valence-corrected chi connectivity index (χ1v) is 5.88. The Balaban J connectivity index is 2.16. The number of rotatable bonds is 3. The molecular weight excluding hydrogens is 230 g/mol. The average Bonchev–Trinajstić information content (AvgIpc) is 3.07. The molecule has 0 radical (unpaired) electrons. The molecule has 5 nitrogen and oxygen atoms in total. The summed E-state index contributed by atoms with van der Waals surface area (Å²) < 4.78 is 0. The highest BCUT2D eigenvalue weighted by atomic mass is 16.6. The van der Waals surface area contributed by atoms with Gasteiger partial charge in [0, 0.05) is 35.1 Å². The maximum atomic E-state index is 11.0. The lowest BCUT2D eigenvalue weighted by Gasteiger charge is -2.15. The predicted octanol–water partition coefficient (Wildman–Crippen LogP) is 3.11. The van der Waals surface area contributed by atoms with Gasteiger partial charge >= 0.3 is 0 Å². The van der Waals surface area contributed by atoms with Crippen molar-refractivity contribution in [2.75, 3.05) is 5.32 Å². The van der Waals surface area contributed by atoms with E-state index in [9.17, 15) is 10.1 Å². The number of anilines is 1. The maximum Gasteiger partial charge on any atom is 0.277 e. The largest absolute Gasteiger partial charge is 0.379 e. The number of nitro benzene ring substituents is 1. The Morgan fingerprint density at radius 1 is 1.33 bits per heavy atom. The summed E-state index contributed by atoms with van der Waals surface area (Å²) in [5, 5.41) is 15.9. The Morgan fingerprint density at radius 3 is 2.78 bits per heavy atom. The number of pyridine rings is 1. The van der Waals surface area contributed by atoms with Crippen LogP contribution < -0.4 is 5.32 Å². The molecule has 1 aromatic heterocycles. The van der Waals surface area contributed by atoms with E-state index in [1.807, 2.05) is 0 Å². The first-order chi connectivity index (χ1) is 8.59. The summed E-state index contributed by atoms with van der Waals surface area (Å²) in [6.07, 6.45) is 5.52. The number of nitrogens with one attached hydrogen (secondary N) is 1. The summed E-state index contributed by atoms with van der Waals surface area (Å²) in [6, 6.07) is 5.01. The lowest BCUT2D eigenvalue weighted by Crippen LogP contribution is -2.16. The molecule has 0 atom stereocenters. The zero-order valence-corrected chi connectivity index (χ0v) is 10.0. The van der Waals surface area contributed by atoms with E-state index in [0.29, 0.717) is 5.39 Å². The monoisotopic (exact) mass is 243 g/mol. The number of nitrogens with zero attached hydrogens (tertiary/aromatic N) is 2. The van der Waals surface area contributed by atoms with Gasteiger partial charge in [-0.2, -0.15) is 0 Å². The molecule has 1 N–H and O–H groups in total. The number of aromatic nitrogens is 1. The fourth-order valence-corrected chi connectivity index (χ4v) is 2.08. The molecule has 5 heteroatoms. The van der Waals surface area contributed by atoms with Crippen LogP contribution in [-0.4, -0.2) is 15.4 Å². The van der Waals surface area contributed by atoms with Crippen LogP contribution in [0.2, 0.25) is 0 Å². The van der Waals surface area contributed by atoms with Crippen LogP contribution in [0.4, 0.5) is 11.4 Å². The van der Waals surface area contributed by atoms with Gasteiger partial charge in [0.25, 0.3) is 5.69 Å². The summed E-state index contributed by atoms with van der Waals surface area (Å²) in [5.41, 5.74) is 1.18. The molecule has 18 heavy (non-hydrogen) atoms. The van der Waals surface area contributed by atoms with Crippen LogP contribution in [0.15, 0.2) is 30.6 Å². The summed E-state index contributed by atoms with van der Waals surface area (Å²) in [6.45, 7) is 2.15. The molecule has 0 spiro atoms. The second-order valence-corrected chi connectivity index (χ2v) is 5.00. The number of hydrogen-bond acceptors (Lipinski definition) is 4. The van der Waals surface area contributed by atoms with Gasteiger partial charge in [0.15, 0.2) is 0 Å². The summed E-state index contributed by atoms with van der Waals surface area (Å²) >= 11 is 0. The Morgan fingerprint density at radius 2 is 2.11 bits per heavy atom. The van der Waals surface area contributed by atoms with E-state index in [-0.39, 0.29) is 16.1 Å². The number of hydrogen-bond donors (Lipinski definition) is 1. The van der Waals surface area contributed by atoms with Crippen molar-refractivity contribution in [2.24, 2.45) is 0 Å². The van der Waals surface area contributed by atoms with Gasteiger partial charge in [0.1, 0.15) is 0 Å². The molecule has 1 fully saturated rings. The molecule has 0 aliphatic heterocycles.